The lowest BCUT2D eigenvalue weighted by atomic mass is 10.2. The van der Waals surface area contributed by atoms with E-state index in [4.69, 9.17) is 0 Å². The SMILES string of the molecule is CCCCN(C(=O)c1cc(S(=O)(=O)N2CCCC2)cn1C)c1ccccc1. The van der Waals surface area contributed by atoms with E-state index in [1.54, 1.807) is 22.7 Å². The Balaban J connectivity index is 1.92. The molecule has 2 heterocycles. The fourth-order valence-electron chi connectivity index (χ4n) is 3.38. The molecule has 1 aliphatic heterocycles. The van der Waals surface area contributed by atoms with Gasteiger partial charge >= 0.3 is 0 Å². The molecular weight excluding hydrogens is 362 g/mol. The molecule has 0 unspecified atom stereocenters. The fourth-order valence-corrected chi connectivity index (χ4v) is 4.96. The van der Waals surface area contributed by atoms with Gasteiger partial charge in [0.1, 0.15) is 10.6 Å². The second kappa shape index (κ2) is 8.27. The minimum atomic E-state index is -3.54. The van der Waals surface area contributed by atoms with Gasteiger partial charge in [0, 0.05) is 38.6 Å². The standard InChI is InChI=1S/C20H27N3O3S/c1-3-4-14-23(17-10-6-5-7-11-17)20(24)19-15-18(16-21(19)2)27(25,26)22-12-8-9-13-22/h5-7,10-11,15-16H,3-4,8-9,12-14H2,1-2H3. The minimum Gasteiger partial charge on any atom is -0.345 e. The van der Waals surface area contributed by atoms with Crippen molar-refractivity contribution in [1.82, 2.24) is 8.87 Å². The Hall–Kier alpha value is -2.12. The smallest absolute Gasteiger partial charge is 0.274 e. The van der Waals surface area contributed by atoms with Crippen LogP contribution in [0.5, 0.6) is 0 Å². The van der Waals surface area contributed by atoms with Crippen molar-refractivity contribution in [2.24, 2.45) is 7.05 Å². The molecule has 6 nitrogen and oxygen atoms in total. The summed E-state index contributed by atoms with van der Waals surface area (Å²) in [5.41, 5.74) is 1.20. The lowest BCUT2D eigenvalue weighted by Crippen LogP contribution is -2.33. The Morgan fingerprint density at radius 1 is 1.15 bits per heavy atom. The van der Waals surface area contributed by atoms with Crippen molar-refractivity contribution >= 4 is 21.6 Å². The van der Waals surface area contributed by atoms with Gasteiger partial charge < -0.3 is 9.47 Å². The number of nitrogens with zero attached hydrogens (tertiary/aromatic N) is 3. The molecule has 3 rings (SSSR count). The van der Waals surface area contributed by atoms with Crippen molar-refractivity contribution < 1.29 is 13.2 Å². The van der Waals surface area contributed by atoms with Crippen LogP contribution in [0.25, 0.3) is 0 Å². The van der Waals surface area contributed by atoms with Crippen LogP contribution in [0.15, 0.2) is 47.5 Å². The number of hydrogen-bond acceptors (Lipinski definition) is 3. The Labute approximate surface area is 161 Å². The van der Waals surface area contributed by atoms with Crippen molar-refractivity contribution in [3.8, 4) is 0 Å². The van der Waals surface area contributed by atoms with Gasteiger partial charge in [-0.25, -0.2) is 8.42 Å². The highest BCUT2D eigenvalue weighted by molar-refractivity contribution is 7.89. The summed E-state index contributed by atoms with van der Waals surface area (Å²) >= 11 is 0. The summed E-state index contributed by atoms with van der Waals surface area (Å²) in [7, 11) is -1.82. The number of carbonyl (C=O) groups excluding carboxylic acids is 1. The predicted octanol–water partition coefficient (Wildman–Crippen LogP) is 3.26. The average molecular weight is 390 g/mol. The number of sulfonamides is 1. The van der Waals surface area contributed by atoms with Crippen LogP contribution in [-0.2, 0) is 17.1 Å². The van der Waals surface area contributed by atoms with E-state index in [1.807, 2.05) is 30.3 Å². The summed E-state index contributed by atoms with van der Waals surface area (Å²) in [5.74, 6) is -0.181. The third-order valence-electron chi connectivity index (χ3n) is 4.95. The van der Waals surface area contributed by atoms with E-state index >= 15 is 0 Å². The maximum absolute atomic E-state index is 13.2. The second-order valence-corrected chi connectivity index (χ2v) is 8.87. The van der Waals surface area contributed by atoms with Crippen LogP contribution in [0.1, 0.15) is 43.1 Å². The number of anilines is 1. The van der Waals surface area contributed by atoms with E-state index in [2.05, 4.69) is 6.92 Å². The van der Waals surface area contributed by atoms with Crippen LogP contribution in [0.4, 0.5) is 5.69 Å². The molecule has 1 aromatic heterocycles. The highest BCUT2D eigenvalue weighted by atomic mass is 32.2. The van der Waals surface area contributed by atoms with Crippen LogP contribution in [0.2, 0.25) is 0 Å². The first kappa shape index (κ1) is 19.6. The van der Waals surface area contributed by atoms with Gasteiger partial charge in [-0.3, -0.25) is 4.79 Å². The quantitative estimate of drug-likeness (QED) is 0.730. The molecule has 0 spiro atoms. The van der Waals surface area contributed by atoms with Gasteiger partial charge in [-0.1, -0.05) is 31.5 Å². The summed E-state index contributed by atoms with van der Waals surface area (Å²) in [4.78, 5) is 15.2. The molecule has 0 radical (unpaired) electrons. The molecule has 0 atom stereocenters. The Kier molecular flexibility index (Phi) is 6.01. The first-order valence-corrected chi connectivity index (χ1v) is 10.9. The predicted molar refractivity (Wildman–Crippen MR) is 106 cm³/mol. The molecule has 1 amide bonds. The van der Waals surface area contributed by atoms with E-state index in [0.29, 0.717) is 25.3 Å². The van der Waals surface area contributed by atoms with Crippen molar-refractivity contribution in [3.05, 3.63) is 48.3 Å². The number of rotatable bonds is 7. The van der Waals surface area contributed by atoms with E-state index in [9.17, 15) is 13.2 Å². The maximum Gasteiger partial charge on any atom is 0.274 e. The average Bonchev–Trinajstić information content (AvgIpc) is 3.33. The topological polar surface area (TPSA) is 62.6 Å². The maximum atomic E-state index is 13.2. The van der Waals surface area contributed by atoms with Crippen LogP contribution in [-0.4, -0.2) is 42.8 Å². The highest BCUT2D eigenvalue weighted by Gasteiger charge is 2.30. The minimum absolute atomic E-state index is 0.181. The van der Waals surface area contributed by atoms with Crippen molar-refractivity contribution in [3.63, 3.8) is 0 Å². The lowest BCUT2D eigenvalue weighted by molar-refractivity contribution is 0.0979. The van der Waals surface area contributed by atoms with Crippen LogP contribution in [0, 0.1) is 0 Å². The second-order valence-electron chi connectivity index (χ2n) is 6.93. The largest absolute Gasteiger partial charge is 0.345 e. The van der Waals surface area contributed by atoms with E-state index < -0.39 is 10.0 Å². The number of hydrogen-bond donors (Lipinski definition) is 0. The molecule has 0 N–H and O–H groups in total. The molecule has 1 aromatic carbocycles. The molecule has 0 saturated carbocycles. The molecule has 0 aliphatic carbocycles. The number of benzene rings is 1. The van der Waals surface area contributed by atoms with Gasteiger partial charge in [-0.15, -0.1) is 0 Å². The fraction of sp³-hybridized carbons (Fsp3) is 0.450. The zero-order valence-corrected chi connectivity index (χ0v) is 16.8. The van der Waals surface area contributed by atoms with Crippen molar-refractivity contribution in [2.75, 3.05) is 24.5 Å². The van der Waals surface area contributed by atoms with Crippen molar-refractivity contribution in [1.29, 1.82) is 0 Å². The first-order valence-electron chi connectivity index (χ1n) is 9.48. The van der Waals surface area contributed by atoms with Crippen LogP contribution < -0.4 is 4.90 Å². The van der Waals surface area contributed by atoms with Gasteiger partial charge in [-0.2, -0.15) is 4.31 Å². The summed E-state index contributed by atoms with van der Waals surface area (Å²) in [6, 6.07) is 11.0. The summed E-state index contributed by atoms with van der Waals surface area (Å²) < 4.78 is 28.8. The number of unbranched alkanes of at least 4 members (excludes halogenated alkanes) is 1. The Bertz CT molecular complexity index is 884. The number of aryl methyl sites for hydroxylation is 1. The number of aromatic nitrogens is 1. The van der Waals surface area contributed by atoms with Gasteiger partial charge in [0.15, 0.2) is 0 Å². The molecule has 0 bridgehead atoms. The Morgan fingerprint density at radius 3 is 2.44 bits per heavy atom. The monoisotopic (exact) mass is 389 g/mol. The van der Waals surface area contributed by atoms with Crippen molar-refractivity contribution in [2.45, 2.75) is 37.5 Å². The third kappa shape index (κ3) is 4.09. The molecule has 2 aromatic rings. The lowest BCUT2D eigenvalue weighted by Gasteiger charge is -2.23. The summed E-state index contributed by atoms with van der Waals surface area (Å²) in [6.45, 7) is 3.77. The van der Waals surface area contributed by atoms with Crippen LogP contribution in [0.3, 0.4) is 0 Å². The molecule has 27 heavy (non-hydrogen) atoms. The normalized spacial score (nSPS) is 15.2. The summed E-state index contributed by atoms with van der Waals surface area (Å²) in [5, 5.41) is 0. The number of para-hydroxylation sites is 1. The van der Waals surface area contributed by atoms with Gasteiger partial charge in [0.05, 0.1) is 0 Å². The molecule has 1 aliphatic rings. The number of carbonyl (C=O) groups is 1. The molecule has 146 valence electrons. The van der Waals surface area contributed by atoms with Gasteiger partial charge in [0.25, 0.3) is 5.91 Å². The van der Waals surface area contributed by atoms with E-state index in [-0.39, 0.29) is 10.8 Å². The molecule has 1 saturated heterocycles. The highest BCUT2D eigenvalue weighted by Crippen LogP contribution is 2.24. The van der Waals surface area contributed by atoms with Crippen LogP contribution >= 0.6 is 0 Å². The zero-order valence-electron chi connectivity index (χ0n) is 16.0. The Morgan fingerprint density at radius 2 is 1.81 bits per heavy atom. The van der Waals surface area contributed by atoms with E-state index in [1.165, 1.54) is 10.4 Å². The van der Waals surface area contributed by atoms with Gasteiger partial charge in [0.2, 0.25) is 10.0 Å². The van der Waals surface area contributed by atoms with Gasteiger partial charge in [-0.05, 0) is 37.5 Å². The molecular formula is C20H27N3O3S. The molecule has 1 fully saturated rings. The first-order chi connectivity index (χ1) is 12.9. The number of amides is 1. The third-order valence-corrected chi connectivity index (χ3v) is 6.81. The molecule has 7 heteroatoms. The summed E-state index contributed by atoms with van der Waals surface area (Å²) in [6.07, 6.45) is 5.17. The zero-order chi connectivity index (χ0) is 19.4. The van der Waals surface area contributed by atoms with E-state index in [0.717, 1.165) is 31.4 Å².